The summed E-state index contributed by atoms with van der Waals surface area (Å²) in [6.45, 7) is 4.58. The van der Waals surface area contributed by atoms with Crippen LogP contribution in [0.1, 0.15) is 41.9 Å². The number of aryl methyl sites for hydroxylation is 1. The molecular formula is C11H16S. The molecule has 0 N–H and O–H groups in total. The van der Waals surface area contributed by atoms with Gasteiger partial charge in [-0.25, -0.2) is 0 Å². The van der Waals surface area contributed by atoms with E-state index in [4.69, 9.17) is 0 Å². The Morgan fingerprint density at radius 3 is 2.67 bits per heavy atom. The van der Waals surface area contributed by atoms with E-state index in [0.717, 1.165) is 11.8 Å². The van der Waals surface area contributed by atoms with E-state index in [1.165, 1.54) is 24.1 Å². The van der Waals surface area contributed by atoms with Crippen LogP contribution >= 0.6 is 11.3 Å². The quantitative estimate of drug-likeness (QED) is 0.613. The average molecular weight is 180 g/mol. The summed E-state index contributed by atoms with van der Waals surface area (Å²) in [6, 6.07) is 4.58. The van der Waals surface area contributed by atoms with Gasteiger partial charge in [-0.05, 0) is 43.7 Å². The zero-order valence-electron chi connectivity index (χ0n) is 7.84. The van der Waals surface area contributed by atoms with E-state index >= 15 is 0 Å². The van der Waals surface area contributed by atoms with Crippen molar-refractivity contribution >= 4 is 11.3 Å². The zero-order valence-corrected chi connectivity index (χ0v) is 8.66. The zero-order chi connectivity index (χ0) is 8.55. The molecule has 12 heavy (non-hydrogen) atoms. The number of hydrogen-bond donors (Lipinski definition) is 0. The van der Waals surface area contributed by atoms with E-state index in [1.807, 2.05) is 11.3 Å². The fourth-order valence-corrected chi connectivity index (χ4v) is 3.16. The predicted molar refractivity (Wildman–Crippen MR) is 54.8 cm³/mol. The van der Waals surface area contributed by atoms with Crippen LogP contribution in [0.25, 0.3) is 0 Å². The second-order valence-electron chi connectivity index (χ2n) is 4.06. The van der Waals surface area contributed by atoms with Crippen LogP contribution in [0.2, 0.25) is 0 Å². The third-order valence-corrected chi connectivity index (χ3v) is 4.02. The van der Waals surface area contributed by atoms with Gasteiger partial charge in [0.05, 0.1) is 0 Å². The molecule has 1 aliphatic rings. The highest BCUT2D eigenvalue weighted by atomic mass is 32.1. The second-order valence-corrected chi connectivity index (χ2v) is 5.38. The SMILES string of the molecule is Cc1ccc([C@H]2CC[C@@H](C)C2)s1. The van der Waals surface area contributed by atoms with Gasteiger partial charge >= 0.3 is 0 Å². The summed E-state index contributed by atoms with van der Waals surface area (Å²) in [5.74, 6) is 1.84. The molecule has 66 valence electrons. The van der Waals surface area contributed by atoms with Crippen LogP contribution < -0.4 is 0 Å². The largest absolute Gasteiger partial charge is 0.145 e. The maximum Gasteiger partial charge on any atom is 0.00791 e. The Morgan fingerprint density at radius 1 is 1.33 bits per heavy atom. The van der Waals surface area contributed by atoms with Gasteiger partial charge in [0.15, 0.2) is 0 Å². The fraction of sp³-hybridized carbons (Fsp3) is 0.636. The molecule has 1 aliphatic carbocycles. The topological polar surface area (TPSA) is 0 Å². The van der Waals surface area contributed by atoms with Crippen molar-refractivity contribution in [3.05, 3.63) is 21.9 Å². The first kappa shape index (κ1) is 8.31. The molecule has 0 aliphatic heterocycles. The van der Waals surface area contributed by atoms with Crippen molar-refractivity contribution in [3.63, 3.8) is 0 Å². The normalized spacial score (nSPS) is 29.5. The third kappa shape index (κ3) is 1.56. The lowest BCUT2D eigenvalue weighted by Crippen LogP contribution is -1.88. The van der Waals surface area contributed by atoms with Crippen molar-refractivity contribution in [2.45, 2.75) is 39.0 Å². The molecule has 1 fully saturated rings. The van der Waals surface area contributed by atoms with Crippen LogP contribution in [0.5, 0.6) is 0 Å². The summed E-state index contributed by atoms with van der Waals surface area (Å²) in [5.41, 5.74) is 0. The molecule has 0 radical (unpaired) electrons. The van der Waals surface area contributed by atoms with Crippen molar-refractivity contribution < 1.29 is 0 Å². The molecule has 2 atom stereocenters. The maximum atomic E-state index is 2.38. The first-order valence-electron chi connectivity index (χ1n) is 4.82. The standard InChI is InChI=1S/C11H16S/c1-8-3-5-10(7-8)11-6-4-9(2)12-11/h4,6,8,10H,3,5,7H2,1-2H3/t8-,10+/m1/s1. The van der Waals surface area contributed by atoms with Gasteiger partial charge in [-0.3, -0.25) is 0 Å². The third-order valence-electron chi connectivity index (χ3n) is 2.86. The second kappa shape index (κ2) is 3.21. The Labute approximate surface area is 78.6 Å². The molecule has 1 aromatic rings. The summed E-state index contributed by atoms with van der Waals surface area (Å²) < 4.78 is 0. The van der Waals surface area contributed by atoms with Crippen molar-refractivity contribution in [1.82, 2.24) is 0 Å². The van der Waals surface area contributed by atoms with Crippen LogP contribution in [0, 0.1) is 12.8 Å². The molecular weight excluding hydrogens is 164 g/mol. The molecule has 0 spiro atoms. The van der Waals surface area contributed by atoms with Crippen molar-refractivity contribution in [2.75, 3.05) is 0 Å². The Morgan fingerprint density at radius 2 is 2.17 bits per heavy atom. The summed E-state index contributed by atoms with van der Waals surface area (Å²) >= 11 is 1.99. The van der Waals surface area contributed by atoms with Gasteiger partial charge in [-0.15, -0.1) is 11.3 Å². The van der Waals surface area contributed by atoms with Crippen LogP contribution in [-0.2, 0) is 0 Å². The Bertz CT molecular complexity index is 262. The van der Waals surface area contributed by atoms with Crippen molar-refractivity contribution in [2.24, 2.45) is 5.92 Å². The first-order chi connectivity index (χ1) is 5.75. The molecule has 0 bridgehead atoms. The van der Waals surface area contributed by atoms with E-state index in [-0.39, 0.29) is 0 Å². The summed E-state index contributed by atoms with van der Waals surface area (Å²) in [4.78, 5) is 3.08. The minimum atomic E-state index is 0.888. The van der Waals surface area contributed by atoms with Crippen LogP contribution in [0.4, 0.5) is 0 Å². The lowest BCUT2D eigenvalue weighted by atomic mass is 10.0. The van der Waals surface area contributed by atoms with E-state index in [0.29, 0.717) is 0 Å². The highest BCUT2D eigenvalue weighted by molar-refractivity contribution is 7.12. The molecule has 0 saturated heterocycles. The Balaban J connectivity index is 2.11. The average Bonchev–Trinajstić information content (AvgIpc) is 2.58. The Hall–Kier alpha value is -0.300. The van der Waals surface area contributed by atoms with Gasteiger partial charge in [0.1, 0.15) is 0 Å². The minimum absolute atomic E-state index is 0.888. The van der Waals surface area contributed by atoms with E-state index < -0.39 is 0 Å². The fourth-order valence-electron chi connectivity index (χ4n) is 2.14. The van der Waals surface area contributed by atoms with E-state index in [1.54, 1.807) is 4.88 Å². The van der Waals surface area contributed by atoms with Crippen LogP contribution in [-0.4, -0.2) is 0 Å². The molecule has 0 nitrogen and oxygen atoms in total. The van der Waals surface area contributed by atoms with Gasteiger partial charge in [-0.1, -0.05) is 13.3 Å². The van der Waals surface area contributed by atoms with Crippen LogP contribution in [0.3, 0.4) is 0 Å². The Kier molecular flexibility index (Phi) is 2.22. The first-order valence-corrected chi connectivity index (χ1v) is 5.63. The van der Waals surface area contributed by atoms with E-state index in [9.17, 15) is 0 Å². The number of hydrogen-bond acceptors (Lipinski definition) is 1. The van der Waals surface area contributed by atoms with Gasteiger partial charge in [0, 0.05) is 9.75 Å². The van der Waals surface area contributed by atoms with Gasteiger partial charge in [-0.2, -0.15) is 0 Å². The maximum absolute atomic E-state index is 2.38. The lowest BCUT2D eigenvalue weighted by molar-refractivity contribution is 0.599. The van der Waals surface area contributed by atoms with Crippen LogP contribution in [0.15, 0.2) is 12.1 Å². The molecule has 0 amide bonds. The number of rotatable bonds is 1. The molecule has 1 aromatic heterocycles. The lowest BCUT2D eigenvalue weighted by Gasteiger charge is -2.05. The van der Waals surface area contributed by atoms with E-state index in [2.05, 4.69) is 26.0 Å². The van der Waals surface area contributed by atoms with Gasteiger partial charge in [0.25, 0.3) is 0 Å². The molecule has 0 unspecified atom stereocenters. The molecule has 1 heterocycles. The van der Waals surface area contributed by atoms with Gasteiger partial charge < -0.3 is 0 Å². The monoisotopic (exact) mass is 180 g/mol. The highest BCUT2D eigenvalue weighted by Gasteiger charge is 2.23. The van der Waals surface area contributed by atoms with Crippen molar-refractivity contribution in [1.29, 1.82) is 0 Å². The van der Waals surface area contributed by atoms with Crippen molar-refractivity contribution in [3.8, 4) is 0 Å². The number of thiophene rings is 1. The summed E-state index contributed by atoms with van der Waals surface area (Å²) in [6.07, 6.45) is 4.27. The minimum Gasteiger partial charge on any atom is -0.145 e. The molecule has 2 rings (SSSR count). The molecule has 1 saturated carbocycles. The summed E-state index contributed by atoms with van der Waals surface area (Å²) in [7, 11) is 0. The predicted octanol–water partition coefficient (Wildman–Crippen LogP) is 3.96. The highest BCUT2D eigenvalue weighted by Crippen LogP contribution is 2.40. The van der Waals surface area contributed by atoms with Gasteiger partial charge in [0.2, 0.25) is 0 Å². The summed E-state index contributed by atoms with van der Waals surface area (Å²) in [5, 5.41) is 0. The molecule has 1 heteroatoms. The molecule has 0 aromatic carbocycles. The smallest absolute Gasteiger partial charge is 0.00791 e.